The van der Waals surface area contributed by atoms with Gasteiger partial charge in [0, 0.05) is 45.0 Å². The van der Waals surface area contributed by atoms with E-state index in [-0.39, 0.29) is 25.1 Å². The number of alkyl halides is 3. The summed E-state index contributed by atoms with van der Waals surface area (Å²) in [6.45, 7) is 9.81. The van der Waals surface area contributed by atoms with Crippen LogP contribution in [0, 0.1) is 0 Å². The van der Waals surface area contributed by atoms with Crippen LogP contribution in [0.3, 0.4) is 0 Å². The number of hydrogen-bond donors (Lipinski definition) is 2. The predicted octanol–water partition coefficient (Wildman–Crippen LogP) is 1.59. The third-order valence-corrected chi connectivity index (χ3v) is 4.49. The molecular weight excluding hydrogens is 413 g/mol. The van der Waals surface area contributed by atoms with Gasteiger partial charge in [0.05, 0.1) is 13.1 Å². The van der Waals surface area contributed by atoms with E-state index >= 15 is 0 Å². The second kappa shape index (κ2) is 11.7. The van der Waals surface area contributed by atoms with E-state index in [1.54, 1.807) is 0 Å². The van der Waals surface area contributed by atoms with Crippen LogP contribution in [0.25, 0.3) is 0 Å². The van der Waals surface area contributed by atoms with Gasteiger partial charge in [-0.3, -0.25) is 9.69 Å². The molecule has 1 aliphatic heterocycles. The molecule has 1 aromatic heterocycles. The van der Waals surface area contributed by atoms with Gasteiger partial charge in [-0.2, -0.15) is 13.2 Å². The number of ether oxygens (including phenoxy) is 1. The molecule has 2 rings (SSSR count). The van der Waals surface area contributed by atoms with Crippen molar-refractivity contribution in [3.05, 3.63) is 23.9 Å². The third kappa shape index (κ3) is 8.23. The number of piperazine rings is 1. The first-order chi connectivity index (χ1) is 14.7. The van der Waals surface area contributed by atoms with Crippen molar-refractivity contribution in [3.8, 4) is 5.88 Å². The van der Waals surface area contributed by atoms with Crippen molar-refractivity contribution in [2.24, 2.45) is 4.99 Å². The molecule has 1 aromatic rings. The summed E-state index contributed by atoms with van der Waals surface area (Å²) < 4.78 is 44.3. The summed E-state index contributed by atoms with van der Waals surface area (Å²) in [5.74, 6) is 0.242. The molecule has 0 aliphatic carbocycles. The molecule has 11 heteroatoms. The molecular formula is C20H31F3N6O2. The highest BCUT2D eigenvalue weighted by atomic mass is 19.4. The van der Waals surface area contributed by atoms with Crippen LogP contribution >= 0.6 is 0 Å². The van der Waals surface area contributed by atoms with Crippen molar-refractivity contribution in [3.63, 3.8) is 0 Å². The molecule has 1 aliphatic rings. The van der Waals surface area contributed by atoms with Gasteiger partial charge >= 0.3 is 6.18 Å². The van der Waals surface area contributed by atoms with Gasteiger partial charge in [-0.1, -0.05) is 0 Å². The molecule has 0 spiro atoms. The maximum atomic E-state index is 13.0. The Morgan fingerprint density at radius 1 is 1.29 bits per heavy atom. The SMILES string of the molecule is CCNC(=NCCOc1ncccc1C(F)(F)F)N1CCN(CC(=O)NC(C)C)CC1. The lowest BCUT2D eigenvalue weighted by molar-refractivity contribution is -0.139. The Hall–Kier alpha value is -2.56. The van der Waals surface area contributed by atoms with Crippen molar-refractivity contribution >= 4 is 11.9 Å². The first-order valence-corrected chi connectivity index (χ1v) is 10.4. The fourth-order valence-corrected chi connectivity index (χ4v) is 3.13. The van der Waals surface area contributed by atoms with Crippen molar-refractivity contribution in [1.29, 1.82) is 0 Å². The highest BCUT2D eigenvalue weighted by molar-refractivity contribution is 5.80. The van der Waals surface area contributed by atoms with Crippen molar-refractivity contribution in [1.82, 2.24) is 25.4 Å². The second-order valence-electron chi connectivity index (χ2n) is 7.42. The number of nitrogens with zero attached hydrogens (tertiary/aromatic N) is 4. The number of amides is 1. The Bertz CT molecular complexity index is 734. The minimum Gasteiger partial charge on any atom is -0.475 e. The van der Waals surface area contributed by atoms with E-state index in [1.165, 1.54) is 12.3 Å². The number of aromatic nitrogens is 1. The molecule has 1 fully saturated rings. The summed E-state index contributed by atoms with van der Waals surface area (Å²) in [6, 6.07) is 2.28. The zero-order valence-corrected chi connectivity index (χ0v) is 18.2. The molecule has 0 unspecified atom stereocenters. The van der Waals surface area contributed by atoms with Gasteiger partial charge in [0.25, 0.3) is 0 Å². The molecule has 31 heavy (non-hydrogen) atoms. The zero-order valence-electron chi connectivity index (χ0n) is 18.2. The van der Waals surface area contributed by atoms with E-state index in [9.17, 15) is 18.0 Å². The van der Waals surface area contributed by atoms with Crippen LogP contribution in [0.4, 0.5) is 13.2 Å². The normalized spacial score (nSPS) is 15.8. The van der Waals surface area contributed by atoms with Gasteiger partial charge in [-0.15, -0.1) is 0 Å². The predicted molar refractivity (Wildman–Crippen MR) is 112 cm³/mol. The molecule has 174 valence electrons. The lowest BCUT2D eigenvalue weighted by atomic mass is 10.2. The van der Waals surface area contributed by atoms with Crippen molar-refractivity contribution < 1.29 is 22.7 Å². The van der Waals surface area contributed by atoms with E-state index in [2.05, 4.69) is 30.4 Å². The summed E-state index contributed by atoms with van der Waals surface area (Å²) in [7, 11) is 0. The molecule has 0 bridgehead atoms. The van der Waals surface area contributed by atoms with Gasteiger partial charge in [0.1, 0.15) is 12.2 Å². The number of aliphatic imine (C=N–C) groups is 1. The molecule has 1 amide bonds. The molecule has 0 aromatic carbocycles. The summed E-state index contributed by atoms with van der Waals surface area (Å²) in [6.07, 6.45) is -3.26. The van der Waals surface area contributed by atoms with Gasteiger partial charge in [-0.25, -0.2) is 9.98 Å². The quantitative estimate of drug-likeness (QED) is 0.360. The second-order valence-corrected chi connectivity index (χ2v) is 7.42. The summed E-state index contributed by atoms with van der Waals surface area (Å²) in [5, 5.41) is 6.08. The van der Waals surface area contributed by atoms with Crippen LogP contribution in [0.1, 0.15) is 26.3 Å². The average molecular weight is 445 g/mol. The fraction of sp³-hybridized carbons (Fsp3) is 0.650. The fourth-order valence-electron chi connectivity index (χ4n) is 3.13. The zero-order chi connectivity index (χ0) is 22.9. The number of halogens is 3. The highest BCUT2D eigenvalue weighted by Gasteiger charge is 2.35. The summed E-state index contributed by atoms with van der Waals surface area (Å²) in [5.41, 5.74) is -0.900. The topological polar surface area (TPSA) is 82.1 Å². The molecule has 0 saturated carbocycles. The molecule has 1 saturated heterocycles. The Morgan fingerprint density at radius 2 is 2.00 bits per heavy atom. The summed E-state index contributed by atoms with van der Waals surface area (Å²) >= 11 is 0. The number of rotatable bonds is 8. The Balaban J connectivity index is 1.86. The Kier molecular flexibility index (Phi) is 9.35. The third-order valence-electron chi connectivity index (χ3n) is 4.49. The average Bonchev–Trinajstić information content (AvgIpc) is 2.70. The smallest absolute Gasteiger partial charge is 0.421 e. The number of carbonyl (C=O) groups is 1. The molecule has 2 heterocycles. The minimum absolute atomic E-state index is 0.00826. The van der Waals surface area contributed by atoms with Crippen LogP contribution in [-0.4, -0.2) is 85.1 Å². The minimum atomic E-state index is -4.52. The van der Waals surface area contributed by atoms with Gasteiger partial charge in [0.15, 0.2) is 5.96 Å². The van der Waals surface area contributed by atoms with E-state index in [4.69, 9.17) is 4.74 Å². The van der Waals surface area contributed by atoms with Gasteiger partial charge in [-0.05, 0) is 32.9 Å². The molecule has 8 nitrogen and oxygen atoms in total. The number of hydrogen-bond acceptors (Lipinski definition) is 5. The van der Waals surface area contributed by atoms with Crippen LogP contribution in [-0.2, 0) is 11.0 Å². The molecule has 2 N–H and O–H groups in total. The maximum absolute atomic E-state index is 13.0. The Morgan fingerprint density at radius 3 is 2.61 bits per heavy atom. The van der Waals surface area contributed by atoms with Crippen LogP contribution in [0.15, 0.2) is 23.3 Å². The number of guanidine groups is 1. The van der Waals surface area contributed by atoms with E-state index in [0.717, 1.165) is 19.2 Å². The van der Waals surface area contributed by atoms with Gasteiger partial charge < -0.3 is 20.3 Å². The van der Waals surface area contributed by atoms with Crippen LogP contribution in [0.2, 0.25) is 0 Å². The number of carbonyl (C=O) groups excluding carboxylic acids is 1. The first kappa shape index (κ1) is 24.7. The van der Waals surface area contributed by atoms with Crippen LogP contribution in [0.5, 0.6) is 5.88 Å². The molecule has 0 radical (unpaired) electrons. The lowest BCUT2D eigenvalue weighted by Crippen LogP contribution is -2.54. The van der Waals surface area contributed by atoms with Crippen LogP contribution < -0.4 is 15.4 Å². The first-order valence-electron chi connectivity index (χ1n) is 10.4. The number of nitrogens with one attached hydrogen (secondary N) is 2. The standard InChI is InChI=1S/C20H31F3N6O2/c1-4-24-19(29-11-9-28(10-12-29)14-17(30)27-15(2)3)26-8-13-31-18-16(20(21,22)23)6-5-7-25-18/h5-7,15H,4,8-14H2,1-3H3,(H,24,26)(H,27,30). The highest BCUT2D eigenvalue weighted by Crippen LogP contribution is 2.34. The summed E-state index contributed by atoms with van der Waals surface area (Å²) in [4.78, 5) is 24.2. The lowest BCUT2D eigenvalue weighted by Gasteiger charge is -2.36. The van der Waals surface area contributed by atoms with E-state index < -0.39 is 17.6 Å². The maximum Gasteiger partial charge on any atom is 0.421 e. The van der Waals surface area contributed by atoms with Crippen molar-refractivity contribution in [2.45, 2.75) is 33.0 Å². The van der Waals surface area contributed by atoms with E-state index in [0.29, 0.717) is 32.1 Å². The van der Waals surface area contributed by atoms with Crippen molar-refractivity contribution in [2.75, 3.05) is 52.4 Å². The number of pyridine rings is 1. The van der Waals surface area contributed by atoms with E-state index in [1.807, 2.05) is 20.8 Å². The monoisotopic (exact) mass is 444 g/mol. The Labute approximate surface area is 180 Å². The molecule has 0 atom stereocenters. The largest absolute Gasteiger partial charge is 0.475 e. The van der Waals surface area contributed by atoms with Gasteiger partial charge in [0.2, 0.25) is 11.8 Å².